The maximum absolute atomic E-state index is 12.9. The Bertz CT molecular complexity index is 2440. The van der Waals surface area contributed by atoms with Crippen molar-refractivity contribution < 1.29 is 41.0 Å². The van der Waals surface area contributed by atoms with Gasteiger partial charge in [0.05, 0.1) is 0 Å². The van der Waals surface area contributed by atoms with Crippen molar-refractivity contribution in [2.75, 3.05) is 5.73 Å². The van der Waals surface area contributed by atoms with Crippen molar-refractivity contribution in [3.63, 3.8) is 0 Å². The average molecular weight is 876 g/mol. The Morgan fingerprint density at radius 2 is 1.15 bits per heavy atom. The lowest BCUT2D eigenvalue weighted by molar-refractivity contribution is -0.147. The molecule has 4 aliphatic rings. The van der Waals surface area contributed by atoms with Crippen LogP contribution in [-0.4, -0.2) is 55.0 Å². The zero-order chi connectivity index (χ0) is 44.0. The van der Waals surface area contributed by atoms with Crippen LogP contribution in [0, 0.1) is 20.8 Å². The van der Waals surface area contributed by atoms with Gasteiger partial charge in [0.1, 0.15) is 17.3 Å². The number of hydrogen-bond acceptors (Lipinski definition) is 11. The number of anilines is 1. The predicted octanol–water partition coefficient (Wildman–Crippen LogP) is 7.51. The van der Waals surface area contributed by atoms with Gasteiger partial charge in [-0.25, -0.2) is 33.0 Å². The third-order valence-corrected chi connectivity index (χ3v) is 13.7. The molecule has 0 unspecified atom stereocenters. The van der Waals surface area contributed by atoms with Crippen molar-refractivity contribution in [1.82, 2.24) is 14.7 Å². The monoisotopic (exact) mass is 875 g/mol. The Labute approximate surface area is 359 Å². The van der Waals surface area contributed by atoms with Gasteiger partial charge < -0.3 is 20.3 Å². The Morgan fingerprint density at radius 3 is 1.57 bits per heavy atom. The maximum atomic E-state index is 12.9. The maximum Gasteiger partial charge on any atom is 0.348 e. The van der Waals surface area contributed by atoms with Crippen molar-refractivity contribution >= 4 is 37.7 Å². The third kappa shape index (κ3) is 11.9. The summed E-state index contributed by atoms with van der Waals surface area (Å²) in [5, 5.41) is 13.8. The molecule has 0 bridgehead atoms. The van der Waals surface area contributed by atoms with E-state index in [2.05, 4.69) is 39.0 Å². The second-order valence-electron chi connectivity index (χ2n) is 16.7. The highest BCUT2D eigenvalue weighted by molar-refractivity contribution is 7.90. The predicted molar refractivity (Wildman–Crippen MR) is 231 cm³/mol. The molecule has 0 atom stereocenters. The van der Waals surface area contributed by atoms with E-state index < -0.39 is 43.1 Å². The number of nitrogens with one attached hydrogen (secondary N) is 1. The van der Waals surface area contributed by atoms with Gasteiger partial charge in [-0.3, -0.25) is 4.79 Å². The van der Waals surface area contributed by atoms with E-state index in [4.69, 9.17) is 20.3 Å². The van der Waals surface area contributed by atoms with Gasteiger partial charge in [-0.05, 0) is 117 Å². The molecule has 0 aliphatic heterocycles. The summed E-state index contributed by atoms with van der Waals surface area (Å²) in [7, 11) is -7.76. The average Bonchev–Trinajstić information content (AvgIpc) is 4.17. The molecule has 6 N–H and O–H groups in total. The number of nitrogens with two attached hydrogens (primary N) is 2. The number of nitrogen functional groups attached to an aromatic ring is 1. The molecule has 2 heterocycles. The highest BCUT2D eigenvalue weighted by Gasteiger charge is 2.55. The van der Waals surface area contributed by atoms with Crippen molar-refractivity contribution in [3.05, 3.63) is 101 Å². The van der Waals surface area contributed by atoms with Crippen molar-refractivity contribution in [3.8, 4) is 11.5 Å². The van der Waals surface area contributed by atoms with E-state index in [0.717, 1.165) is 35.3 Å². The van der Waals surface area contributed by atoms with Crippen LogP contribution in [0.1, 0.15) is 130 Å². The lowest BCUT2D eigenvalue weighted by Gasteiger charge is -2.26. The van der Waals surface area contributed by atoms with Gasteiger partial charge in [-0.15, -0.1) is 0 Å². The molecular weight excluding hydrogens is 819 g/mol. The van der Waals surface area contributed by atoms with Crippen LogP contribution in [0.4, 0.5) is 5.82 Å². The van der Waals surface area contributed by atoms with E-state index in [-0.39, 0.29) is 15.9 Å². The van der Waals surface area contributed by atoms with Crippen LogP contribution >= 0.6 is 0 Å². The summed E-state index contributed by atoms with van der Waals surface area (Å²) in [4.78, 5) is 31.8. The molecule has 4 aromatic rings. The van der Waals surface area contributed by atoms with E-state index in [0.29, 0.717) is 49.0 Å². The van der Waals surface area contributed by atoms with Gasteiger partial charge in [0.25, 0.3) is 26.0 Å². The van der Waals surface area contributed by atoms with Crippen LogP contribution in [0.2, 0.25) is 0 Å². The highest BCUT2D eigenvalue weighted by Crippen LogP contribution is 2.46. The van der Waals surface area contributed by atoms with E-state index >= 15 is 0 Å². The van der Waals surface area contributed by atoms with Crippen LogP contribution in [0.5, 0.6) is 11.5 Å². The number of carboxylic acids is 1. The number of sulfonamides is 2. The second kappa shape index (κ2) is 18.9. The number of hydrogen-bond donors (Lipinski definition) is 4. The topological polar surface area (TPSA) is 231 Å². The normalized spacial score (nSPS) is 18.2. The fraction of sp³-hybridized carbons (Fsp3) is 0.467. The Kier molecular flexibility index (Phi) is 14.1. The molecule has 2 aromatic heterocycles. The van der Waals surface area contributed by atoms with E-state index in [9.17, 15) is 31.5 Å². The highest BCUT2D eigenvalue weighted by atomic mass is 32.2. The molecule has 4 fully saturated rings. The first kappa shape index (κ1) is 45.5. The largest absolute Gasteiger partial charge is 0.478 e. The summed E-state index contributed by atoms with van der Waals surface area (Å²) in [6.07, 6.45) is 14.3. The lowest BCUT2D eigenvalue weighted by atomic mass is 9.83. The molecule has 328 valence electrons. The number of aryl methyl sites for hydroxylation is 3. The minimum Gasteiger partial charge on any atom is -0.478 e. The minimum absolute atomic E-state index is 0.0691. The number of nitrogens with zero attached hydrogens (tertiary/aromatic N) is 2. The summed E-state index contributed by atoms with van der Waals surface area (Å²) in [5.41, 5.74) is 8.59. The van der Waals surface area contributed by atoms with Crippen LogP contribution in [0.15, 0.2) is 82.8 Å². The number of carbonyl (C=O) groups is 2. The standard InChI is InChI=1S/C22H27N3O4S.C17H22O3.C6H8N2O2S/c1-15-10-11-17(16-6-3-2-4-7-16)18(14-15)29-22(12-13-22)21(26)25-30(27,28)20-9-5-8-19(23)24-20;1-12-7-8-14(13-5-3-2-4-6-13)15(11-12)20-17(9-10-17)16(18)19;1-5-3-2-4-6(8-5)11(7,9)10/h5,8-11,14,16H,2-4,6-7,12-13H2,1H3,(H2,23,24)(H,25,26);7-8,11,13H,2-6,9-10H2,1H3,(H,18,19);2-4H,1H3,(H2,7,9,10). The van der Waals surface area contributed by atoms with Gasteiger partial charge >= 0.3 is 5.97 Å². The first-order chi connectivity index (χ1) is 28.9. The number of benzene rings is 2. The SMILES string of the molecule is Cc1ccc(C2CCCCC2)c(OC2(C(=O)NS(=O)(=O)c3cccc(N)n3)CC2)c1.Cc1ccc(C2CCCCC2)c(OC2(C(=O)O)CC2)c1.Cc1cccc(S(N)(=O)=O)n1. The minimum atomic E-state index is -4.13. The molecule has 0 radical (unpaired) electrons. The van der Waals surface area contributed by atoms with Crippen molar-refractivity contribution in [2.45, 2.75) is 144 Å². The summed E-state index contributed by atoms with van der Waals surface area (Å²) in [6, 6.07) is 21.3. The van der Waals surface area contributed by atoms with Gasteiger partial charge in [-0.2, -0.15) is 8.42 Å². The number of aliphatic carboxylic acids is 1. The van der Waals surface area contributed by atoms with Crippen molar-refractivity contribution in [2.24, 2.45) is 5.14 Å². The number of aromatic nitrogens is 2. The van der Waals surface area contributed by atoms with Crippen LogP contribution in [0.3, 0.4) is 0 Å². The zero-order valence-corrected chi connectivity index (χ0v) is 36.7. The summed E-state index contributed by atoms with van der Waals surface area (Å²) >= 11 is 0. The smallest absolute Gasteiger partial charge is 0.348 e. The molecule has 1 amide bonds. The fourth-order valence-electron chi connectivity index (χ4n) is 7.87. The van der Waals surface area contributed by atoms with E-state index in [1.54, 1.807) is 19.1 Å². The summed E-state index contributed by atoms with van der Waals surface area (Å²) in [5.74, 6) is 1.01. The number of pyridine rings is 2. The van der Waals surface area contributed by atoms with E-state index in [1.165, 1.54) is 81.2 Å². The first-order valence-corrected chi connectivity index (χ1v) is 24.0. The molecule has 16 heteroatoms. The fourth-order valence-corrected chi connectivity index (χ4v) is 9.43. The Hall–Kier alpha value is -5.06. The summed E-state index contributed by atoms with van der Waals surface area (Å²) < 4.78 is 60.9. The van der Waals surface area contributed by atoms with Crippen LogP contribution in [0.25, 0.3) is 0 Å². The van der Waals surface area contributed by atoms with Crippen LogP contribution in [-0.2, 0) is 29.6 Å². The quantitative estimate of drug-likeness (QED) is 0.115. The number of carbonyl (C=O) groups excluding carboxylic acids is 1. The number of amides is 1. The molecule has 0 spiro atoms. The first-order valence-electron chi connectivity index (χ1n) is 21.0. The molecule has 61 heavy (non-hydrogen) atoms. The molecule has 0 saturated heterocycles. The number of primary sulfonamides is 1. The number of rotatable bonds is 11. The van der Waals surface area contributed by atoms with E-state index in [1.807, 2.05) is 26.0 Å². The Morgan fingerprint density at radius 1 is 0.672 bits per heavy atom. The van der Waals surface area contributed by atoms with Crippen molar-refractivity contribution in [1.29, 1.82) is 0 Å². The summed E-state index contributed by atoms with van der Waals surface area (Å²) in [6.45, 7) is 5.71. The molecule has 8 rings (SSSR count). The second-order valence-corrected chi connectivity index (χ2v) is 19.9. The van der Waals surface area contributed by atoms with Gasteiger partial charge in [-0.1, -0.05) is 74.9 Å². The zero-order valence-electron chi connectivity index (χ0n) is 35.1. The molecule has 2 aromatic carbocycles. The molecule has 4 saturated carbocycles. The third-order valence-electron chi connectivity index (χ3n) is 11.7. The number of ether oxygens (including phenoxy) is 2. The van der Waals surface area contributed by atoms with Crippen LogP contribution < -0.4 is 25.1 Å². The van der Waals surface area contributed by atoms with Gasteiger partial charge in [0, 0.05) is 31.4 Å². The Balaban J connectivity index is 0.000000172. The molecule has 14 nitrogen and oxygen atoms in total. The molecule has 4 aliphatic carbocycles. The lowest BCUT2D eigenvalue weighted by Crippen LogP contribution is -2.43. The number of carboxylic acid groups (broad SMARTS) is 1. The molecular formula is C45H57N5O9S2. The van der Waals surface area contributed by atoms with Gasteiger partial charge in [0.2, 0.25) is 5.60 Å². The van der Waals surface area contributed by atoms with Gasteiger partial charge in [0.15, 0.2) is 15.7 Å².